The lowest BCUT2D eigenvalue weighted by Gasteiger charge is -2.06. The monoisotopic (exact) mass is 141 g/mol. The highest BCUT2D eigenvalue weighted by atomic mass is 32.9. The fraction of sp³-hybridized carbons (Fsp3) is 1.00. The molecule has 0 radical (unpaired) electrons. The number of hydrogen-bond acceptors (Lipinski definition) is 4. The highest BCUT2D eigenvalue weighted by Crippen LogP contribution is 1.82. The average Bonchev–Trinajstić information content (AvgIpc) is 1.30. The van der Waals surface area contributed by atoms with Crippen LogP contribution in [0.1, 0.15) is 6.92 Å². The summed E-state index contributed by atoms with van der Waals surface area (Å²) in [7, 11) is -3.59. The van der Waals surface area contributed by atoms with Crippen molar-refractivity contribution in [3.8, 4) is 0 Å². The Balaban J connectivity index is 3.60. The molecular formula is C2H5O3S2-. The van der Waals surface area contributed by atoms with Gasteiger partial charge in [-0.1, -0.05) is 0 Å². The maximum Gasteiger partial charge on any atom is 0.0844 e. The van der Waals surface area contributed by atoms with Gasteiger partial charge in [0.25, 0.3) is 0 Å². The van der Waals surface area contributed by atoms with E-state index in [1.165, 1.54) is 0 Å². The van der Waals surface area contributed by atoms with Gasteiger partial charge in [0.1, 0.15) is 0 Å². The summed E-state index contributed by atoms with van der Waals surface area (Å²) in [6.45, 7) is 1.68. The average molecular weight is 141 g/mol. The first-order valence-corrected chi connectivity index (χ1v) is 4.00. The van der Waals surface area contributed by atoms with Gasteiger partial charge in [0.15, 0.2) is 0 Å². The Morgan fingerprint density at radius 1 is 2.00 bits per heavy atom. The second-order valence-electron chi connectivity index (χ2n) is 0.815. The predicted molar refractivity (Wildman–Crippen MR) is 27.9 cm³/mol. The van der Waals surface area contributed by atoms with Gasteiger partial charge in [-0.2, -0.15) is 0 Å². The molecule has 0 aromatic heterocycles. The van der Waals surface area contributed by atoms with Crippen molar-refractivity contribution in [2.24, 2.45) is 0 Å². The molecule has 0 amide bonds. The topological polar surface area (TPSA) is 49.4 Å². The largest absolute Gasteiger partial charge is 0.748 e. The van der Waals surface area contributed by atoms with Crippen LogP contribution in [0.15, 0.2) is 0 Å². The Bertz CT molecular complexity index is 124. The summed E-state index contributed by atoms with van der Waals surface area (Å²) in [6, 6.07) is 0. The summed E-state index contributed by atoms with van der Waals surface area (Å²) in [5.41, 5.74) is 0. The van der Waals surface area contributed by atoms with Crippen LogP contribution in [0.25, 0.3) is 0 Å². The van der Waals surface area contributed by atoms with Gasteiger partial charge in [-0.25, -0.2) is 4.21 Å². The van der Waals surface area contributed by atoms with Crippen molar-refractivity contribution in [3.63, 3.8) is 0 Å². The standard InChI is InChI=1S/C2H6O3S2/c1-2-5-7(3,4)6/h2H2,1H3,(H,3,4,6)/p-1. The SMILES string of the molecule is CCOS(=O)([O-])=S. The molecule has 0 aliphatic carbocycles. The number of rotatable bonds is 2. The molecule has 44 valence electrons. The molecule has 7 heavy (non-hydrogen) atoms. The van der Waals surface area contributed by atoms with E-state index in [-0.39, 0.29) is 6.61 Å². The van der Waals surface area contributed by atoms with Crippen LogP contribution in [0.5, 0.6) is 0 Å². The second-order valence-corrected chi connectivity index (χ2v) is 3.09. The van der Waals surface area contributed by atoms with E-state index in [4.69, 9.17) is 0 Å². The molecule has 1 atom stereocenters. The van der Waals surface area contributed by atoms with Gasteiger partial charge in [0.05, 0.1) is 15.7 Å². The molecule has 0 saturated carbocycles. The van der Waals surface area contributed by atoms with Crippen molar-refractivity contribution < 1.29 is 12.9 Å². The highest BCUT2D eigenvalue weighted by molar-refractivity contribution is 8.26. The minimum Gasteiger partial charge on any atom is -0.748 e. The molecule has 0 heterocycles. The van der Waals surface area contributed by atoms with Crippen molar-refractivity contribution in [2.75, 3.05) is 6.61 Å². The van der Waals surface area contributed by atoms with Gasteiger partial charge >= 0.3 is 0 Å². The minimum atomic E-state index is -3.59. The Morgan fingerprint density at radius 3 is 2.43 bits per heavy atom. The zero-order chi connectivity index (χ0) is 5.91. The maximum atomic E-state index is 9.82. The molecule has 0 N–H and O–H groups in total. The maximum absolute atomic E-state index is 9.82. The second kappa shape index (κ2) is 2.56. The molecule has 5 heteroatoms. The van der Waals surface area contributed by atoms with Crippen molar-refractivity contribution in [1.29, 1.82) is 0 Å². The lowest BCUT2D eigenvalue weighted by molar-refractivity contribution is 0.315. The van der Waals surface area contributed by atoms with Gasteiger partial charge < -0.3 is 4.55 Å². The van der Waals surface area contributed by atoms with Crippen molar-refractivity contribution in [2.45, 2.75) is 6.92 Å². The Labute approximate surface area is 47.4 Å². The van der Waals surface area contributed by atoms with Crippen LogP contribution in [-0.2, 0) is 24.4 Å². The van der Waals surface area contributed by atoms with Crippen LogP contribution in [0.4, 0.5) is 0 Å². The molecule has 1 unspecified atom stereocenters. The fourth-order valence-corrected chi connectivity index (χ4v) is 0.722. The normalized spacial score (nSPS) is 18.6. The Kier molecular flexibility index (Phi) is 2.67. The summed E-state index contributed by atoms with van der Waals surface area (Å²) < 4.78 is 23.7. The van der Waals surface area contributed by atoms with Gasteiger partial charge in [-0.3, -0.25) is 4.18 Å². The van der Waals surface area contributed by atoms with Crippen molar-refractivity contribution in [1.82, 2.24) is 0 Å². The van der Waals surface area contributed by atoms with Gasteiger partial charge in [-0.05, 0) is 18.1 Å². The van der Waals surface area contributed by atoms with E-state index in [1.807, 2.05) is 0 Å². The first kappa shape index (κ1) is 7.29. The molecule has 3 nitrogen and oxygen atoms in total. The molecule has 0 aromatic rings. The van der Waals surface area contributed by atoms with Crippen molar-refractivity contribution >= 4 is 20.2 Å². The number of hydrogen-bond donors (Lipinski definition) is 0. The fourth-order valence-electron chi connectivity index (χ4n) is 0.144. The lowest BCUT2D eigenvalue weighted by Crippen LogP contribution is -2.00. The third kappa shape index (κ3) is 6.29. The highest BCUT2D eigenvalue weighted by Gasteiger charge is 1.80. The smallest absolute Gasteiger partial charge is 0.0844 e. The third-order valence-corrected chi connectivity index (χ3v) is 1.08. The zero-order valence-electron chi connectivity index (χ0n) is 3.75. The van der Waals surface area contributed by atoms with Gasteiger partial charge in [0.2, 0.25) is 0 Å². The van der Waals surface area contributed by atoms with Crippen LogP contribution >= 0.6 is 0 Å². The van der Waals surface area contributed by atoms with E-state index in [0.29, 0.717) is 0 Å². The summed E-state index contributed by atoms with van der Waals surface area (Å²) in [6.07, 6.45) is 0. The lowest BCUT2D eigenvalue weighted by atomic mass is 10.9. The van der Waals surface area contributed by atoms with Gasteiger partial charge in [-0.15, -0.1) is 0 Å². The molecule has 0 saturated heterocycles. The van der Waals surface area contributed by atoms with E-state index >= 15 is 0 Å². The first-order valence-electron chi connectivity index (χ1n) is 1.66. The molecule has 0 spiro atoms. The molecular weight excluding hydrogens is 136 g/mol. The summed E-state index contributed by atoms with van der Waals surface area (Å²) in [5.74, 6) is 0. The molecule has 0 bridgehead atoms. The zero-order valence-corrected chi connectivity index (χ0v) is 5.38. The summed E-state index contributed by atoms with van der Waals surface area (Å²) >= 11 is 3.83. The summed E-state index contributed by atoms with van der Waals surface area (Å²) in [5, 5.41) is 0. The molecule has 0 rings (SSSR count). The Hall–Kier alpha value is 0.290. The van der Waals surface area contributed by atoms with E-state index in [0.717, 1.165) is 0 Å². The minimum absolute atomic E-state index is 0.117. The van der Waals surface area contributed by atoms with Crippen LogP contribution in [0.3, 0.4) is 0 Å². The van der Waals surface area contributed by atoms with Gasteiger partial charge in [0, 0.05) is 0 Å². The van der Waals surface area contributed by atoms with E-state index in [1.54, 1.807) is 6.92 Å². The Morgan fingerprint density at radius 2 is 2.43 bits per heavy atom. The molecule has 0 aliphatic heterocycles. The van der Waals surface area contributed by atoms with Crippen LogP contribution in [0.2, 0.25) is 0 Å². The van der Waals surface area contributed by atoms with E-state index in [9.17, 15) is 8.76 Å². The molecule has 0 fully saturated rings. The van der Waals surface area contributed by atoms with Crippen LogP contribution < -0.4 is 0 Å². The van der Waals surface area contributed by atoms with E-state index in [2.05, 4.69) is 15.4 Å². The molecule has 0 aliphatic rings. The van der Waals surface area contributed by atoms with Crippen LogP contribution in [0, 0.1) is 0 Å². The first-order chi connectivity index (χ1) is 3.06. The van der Waals surface area contributed by atoms with Crippen LogP contribution in [-0.4, -0.2) is 15.4 Å². The summed E-state index contributed by atoms with van der Waals surface area (Å²) in [4.78, 5) is 0. The molecule has 0 aromatic carbocycles. The predicted octanol–water partition coefficient (Wildman–Crippen LogP) is -0.185. The van der Waals surface area contributed by atoms with Crippen molar-refractivity contribution in [3.05, 3.63) is 0 Å². The third-order valence-electron chi connectivity index (χ3n) is 0.262. The van der Waals surface area contributed by atoms with E-state index < -0.39 is 9.05 Å². The quantitative estimate of drug-likeness (QED) is 0.535.